The average Bonchev–Trinajstić information content (AvgIpc) is 3.56. The van der Waals surface area contributed by atoms with Crippen molar-refractivity contribution in [2.24, 2.45) is 0 Å². The molecule has 2 saturated heterocycles. The first-order valence-corrected chi connectivity index (χ1v) is 15.0. The zero-order chi connectivity index (χ0) is 31.3. The molecule has 0 aliphatic carbocycles. The van der Waals surface area contributed by atoms with Gasteiger partial charge >= 0.3 is 0 Å². The lowest BCUT2D eigenvalue weighted by Gasteiger charge is -2.31. The van der Waals surface area contributed by atoms with Gasteiger partial charge in [0.25, 0.3) is 11.8 Å². The standard InChI is InChI=1S/C34H32N4O7/c39-30-13-11-24(19-35-30)37-20-27-22(5-1-9-25(27)33(37)42)7-3-15-44-17-18-45-16-4-8-23-6-2-10-26-28(23)21-38(34(26)43)29-12-14-31(40)36-32(29)41/h1-2,5-6,9-10,24,29H,11-21H2,(H,35,39)(H,36,40,41). The minimum atomic E-state index is -0.669. The van der Waals surface area contributed by atoms with Crippen LogP contribution >= 0.6 is 0 Å². The number of hydrogen-bond acceptors (Lipinski definition) is 7. The van der Waals surface area contributed by atoms with Crippen LogP contribution in [0.1, 0.15) is 68.7 Å². The van der Waals surface area contributed by atoms with Crippen molar-refractivity contribution in [3.8, 4) is 23.7 Å². The third kappa shape index (κ3) is 6.46. The molecular weight excluding hydrogens is 576 g/mol. The highest BCUT2D eigenvalue weighted by Gasteiger charge is 2.40. The van der Waals surface area contributed by atoms with Gasteiger partial charge in [0.15, 0.2) is 0 Å². The molecule has 0 spiro atoms. The van der Waals surface area contributed by atoms with Gasteiger partial charge in [-0.1, -0.05) is 35.8 Å². The average molecular weight is 609 g/mol. The zero-order valence-corrected chi connectivity index (χ0v) is 24.6. The third-order valence-corrected chi connectivity index (χ3v) is 8.42. The quantitative estimate of drug-likeness (QED) is 0.273. The minimum absolute atomic E-state index is 0.00974. The van der Waals surface area contributed by atoms with E-state index in [0.717, 1.165) is 16.7 Å². The zero-order valence-electron chi connectivity index (χ0n) is 24.6. The predicted molar refractivity (Wildman–Crippen MR) is 160 cm³/mol. The summed E-state index contributed by atoms with van der Waals surface area (Å²) in [5.41, 5.74) is 4.36. The molecule has 4 aliphatic rings. The molecule has 2 N–H and O–H groups in total. The number of nitrogens with zero attached hydrogens (tertiary/aromatic N) is 2. The molecule has 0 saturated carbocycles. The van der Waals surface area contributed by atoms with E-state index in [0.29, 0.717) is 62.3 Å². The largest absolute Gasteiger partial charge is 0.366 e. The highest BCUT2D eigenvalue weighted by molar-refractivity contribution is 6.05. The van der Waals surface area contributed by atoms with E-state index in [1.54, 1.807) is 12.1 Å². The van der Waals surface area contributed by atoms with Crippen molar-refractivity contribution < 1.29 is 33.4 Å². The molecule has 0 bridgehead atoms. The van der Waals surface area contributed by atoms with Crippen LogP contribution in [0, 0.1) is 23.7 Å². The van der Waals surface area contributed by atoms with Crippen LogP contribution < -0.4 is 10.6 Å². The normalized spacial score (nSPS) is 20.5. The number of imide groups is 1. The fourth-order valence-corrected chi connectivity index (χ4v) is 6.08. The highest BCUT2D eigenvalue weighted by atomic mass is 16.5. The lowest BCUT2D eigenvalue weighted by Crippen LogP contribution is -2.52. The van der Waals surface area contributed by atoms with E-state index in [9.17, 15) is 24.0 Å². The number of piperidine rings is 2. The lowest BCUT2D eigenvalue weighted by molar-refractivity contribution is -0.137. The molecule has 2 aromatic rings. The van der Waals surface area contributed by atoms with E-state index < -0.39 is 11.9 Å². The number of nitrogens with one attached hydrogen (secondary N) is 2. The number of ether oxygens (including phenoxy) is 2. The molecule has 0 radical (unpaired) electrons. The Balaban J connectivity index is 0.942. The smallest absolute Gasteiger partial charge is 0.255 e. The first-order valence-electron chi connectivity index (χ1n) is 15.0. The van der Waals surface area contributed by atoms with Crippen LogP contribution in [0.4, 0.5) is 0 Å². The second-order valence-electron chi connectivity index (χ2n) is 11.2. The Hall–Kier alpha value is -4.97. The van der Waals surface area contributed by atoms with E-state index in [2.05, 4.69) is 34.3 Å². The van der Waals surface area contributed by atoms with Crippen LogP contribution in [0.15, 0.2) is 36.4 Å². The topological polar surface area (TPSA) is 134 Å². The van der Waals surface area contributed by atoms with E-state index in [1.807, 2.05) is 29.2 Å². The van der Waals surface area contributed by atoms with Crippen LogP contribution in [0.25, 0.3) is 0 Å². The molecule has 2 fully saturated rings. The number of hydrogen-bond donors (Lipinski definition) is 2. The summed E-state index contributed by atoms with van der Waals surface area (Å²) in [7, 11) is 0. The number of carbonyl (C=O) groups is 5. The van der Waals surface area contributed by atoms with Gasteiger partial charge in [0.1, 0.15) is 19.3 Å². The first-order chi connectivity index (χ1) is 21.9. The van der Waals surface area contributed by atoms with Crippen molar-refractivity contribution in [2.75, 3.05) is 33.0 Å². The number of rotatable bonds is 7. The Morgan fingerprint density at radius 3 is 1.89 bits per heavy atom. The van der Waals surface area contributed by atoms with E-state index in [1.165, 1.54) is 4.90 Å². The molecule has 11 heteroatoms. The maximum absolute atomic E-state index is 13.0. The molecular formula is C34H32N4O7. The Kier molecular flexibility index (Phi) is 8.92. The van der Waals surface area contributed by atoms with Crippen LogP contribution in [-0.4, -0.2) is 84.4 Å². The van der Waals surface area contributed by atoms with E-state index in [4.69, 9.17) is 9.47 Å². The molecule has 5 amide bonds. The first kappa shape index (κ1) is 30.1. The molecule has 45 heavy (non-hydrogen) atoms. The molecule has 0 aromatic heterocycles. The maximum atomic E-state index is 13.0. The third-order valence-electron chi connectivity index (χ3n) is 8.42. The van der Waals surface area contributed by atoms with Crippen molar-refractivity contribution in [1.82, 2.24) is 20.4 Å². The molecule has 2 aromatic carbocycles. The summed E-state index contributed by atoms with van der Waals surface area (Å²) in [6, 6.07) is 10.2. The Morgan fingerprint density at radius 1 is 0.733 bits per heavy atom. The van der Waals surface area contributed by atoms with Gasteiger partial charge in [0.05, 0.1) is 19.3 Å². The van der Waals surface area contributed by atoms with Gasteiger partial charge in [-0.05, 0) is 48.2 Å². The predicted octanol–water partition coefficient (Wildman–Crippen LogP) is 1.12. The summed E-state index contributed by atoms with van der Waals surface area (Å²) in [6.07, 6.45) is 1.60. The summed E-state index contributed by atoms with van der Waals surface area (Å²) in [5, 5.41) is 5.16. The highest BCUT2D eigenvalue weighted by Crippen LogP contribution is 2.30. The summed E-state index contributed by atoms with van der Waals surface area (Å²) in [6.45, 7) is 2.26. The molecule has 2 atom stereocenters. The lowest BCUT2D eigenvalue weighted by atomic mass is 10.0. The Bertz CT molecular complexity index is 1690. The van der Waals surface area contributed by atoms with Gasteiger partial charge in [0, 0.05) is 54.7 Å². The van der Waals surface area contributed by atoms with Gasteiger partial charge in [-0.25, -0.2) is 0 Å². The van der Waals surface area contributed by atoms with Gasteiger partial charge in [-0.2, -0.15) is 0 Å². The second kappa shape index (κ2) is 13.3. The second-order valence-corrected chi connectivity index (χ2v) is 11.2. The van der Waals surface area contributed by atoms with E-state index in [-0.39, 0.29) is 55.8 Å². The fraction of sp³-hybridized carbons (Fsp3) is 0.382. The Labute approximate surface area is 260 Å². The molecule has 11 nitrogen and oxygen atoms in total. The number of amides is 5. The van der Waals surface area contributed by atoms with Crippen molar-refractivity contribution in [3.05, 3.63) is 69.8 Å². The molecule has 230 valence electrons. The van der Waals surface area contributed by atoms with Crippen LogP contribution in [0.2, 0.25) is 0 Å². The van der Waals surface area contributed by atoms with Gasteiger partial charge in [-0.3, -0.25) is 29.3 Å². The molecule has 6 rings (SSSR count). The van der Waals surface area contributed by atoms with Crippen molar-refractivity contribution in [1.29, 1.82) is 0 Å². The maximum Gasteiger partial charge on any atom is 0.255 e. The van der Waals surface area contributed by atoms with Crippen molar-refractivity contribution in [2.45, 2.75) is 50.9 Å². The number of benzene rings is 2. The SMILES string of the molecule is O=C1CCC(N2Cc3c(C#CCOCCOCC#Cc4cccc5c4CN(C4CCC(=O)NC4=O)C5=O)cccc3C2=O)CN1. The van der Waals surface area contributed by atoms with Crippen molar-refractivity contribution in [3.63, 3.8) is 0 Å². The summed E-state index contributed by atoms with van der Waals surface area (Å²) >= 11 is 0. The van der Waals surface area contributed by atoms with Gasteiger partial charge in [-0.15, -0.1) is 0 Å². The summed E-state index contributed by atoms with van der Waals surface area (Å²) < 4.78 is 11.2. The summed E-state index contributed by atoms with van der Waals surface area (Å²) in [4.78, 5) is 64.6. The molecule has 2 unspecified atom stereocenters. The molecule has 4 heterocycles. The molecule has 4 aliphatic heterocycles. The summed E-state index contributed by atoms with van der Waals surface area (Å²) in [5.74, 6) is 11.2. The number of fused-ring (bicyclic) bond motifs is 2. The van der Waals surface area contributed by atoms with Crippen molar-refractivity contribution >= 4 is 29.5 Å². The van der Waals surface area contributed by atoms with Crippen LogP contribution in [0.5, 0.6) is 0 Å². The van der Waals surface area contributed by atoms with Gasteiger partial charge in [0.2, 0.25) is 17.7 Å². The fourth-order valence-electron chi connectivity index (χ4n) is 6.08. The minimum Gasteiger partial charge on any atom is -0.366 e. The van der Waals surface area contributed by atoms with E-state index >= 15 is 0 Å². The monoisotopic (exact) mass is 608 g/mol. The Morgan fingerprint density at radius 2 is 1.31 bits per heavy atom. The van der Waals surface area contributed by atoms with Crippen LogP contribution in [-0.2, 0) is 36.9 Å². The van der Waals surface area contributed by atoms with Gasteiger partial charge < -0.3 is 24.6 Å². The number of carbonyl (C=O) groups excluding carboxylic acids is 5. The van der Waals surface area contributed by atoms with Crippen LogP contribution in [0.3, 0.4) is 0 Å².